The second kappa shape index (κ2) is 32.5. The molecule has 0 radical (unpaired) electrons. The predicted octanol–water partition coefficient (Wildman–Crippen LogP) is 11.9. The Morgan fingerprint density at radius 2 is 0.887 bits per heavy atom. The number of carbonyl (C=O) groups is 4. The summed E-state index contributed by atoms with van der Waals surface area (Å²) in [4.78, 5) is 50.7. The van der Waals surface area contributed by atoms with Gasteiger partial charge in [0.05, 0.1) is 45.9 Å². The fraction of sp³-hybridized carbons (Fsp3) is 0.357. The van der Waals surface area contributed by atoms with E-state index in [4.69, 9.17) is 41.0 Å². The fourth-order valence-electron chi connectivity index (χ4n) is 6.51. The number of hydrogen-bond donors (Lipinski definition) is 0. The number of unbranched alkanes of at least 4 members (excludes halogenated alkanes) is 4. The Morgan fingerprint density at radius 1 is 0.493 bits per heavy atom. The molecule has 4 aromatic rings. The number of halogens is 1. The molecule has 380 valence electrons. The lowest BCUT2D eigenvalue weighted by Crippen LogP contribution is -2.32. The Hall–Kier alpha value is -6.43. The van der Waals surface area contributed by atoms with Gasteiger partial charge in [-0.25, -0.2) is 9.59 Å². The molecule has 0 amide bonds. The quantitative estimate of drug-likeness (QED) is 0.0111. The Labute approximate surface area is 432 Å². The number of nitrogens with zero attached hydrogens (tertiary/aromatic N) is 1. The molecular formula is C56H66INO13. The van der Waals surface area contributed by atoms with Gasteiger partial charge in [-0.1, -0.05) is 84.9 Å². The average molecular weight is 1090 g/mol. The van der Waals surface area contributed by atoms with Gasteiger partial charge in [-0.3, -0.25) is 14.5 Å². The van der Waals surface area contributed by atoms with E-state index in [9.17, 15) is 19.2 Å². The zero-order chi connectivity index (χ0) is 51.2. The highest BCUT2D eigenvalue weighted by Crippen LogP contribution is 2.35. The Kier molecular flexibility index (Phi) is 26.1. The number of ether oxygens (including phenoxy) is 8. The van der Waals surface area contributed by atoms with Crippen molar-refractivity contribution in [2.45, 2.75) is 79.1 Å². The van der Waals surface area contributed by atoms with Gasteiger partial charge in [0, 0.05) is 30.8 Å². The van der Waals surface area contributed by atoms with Crippen LogP contribution in [0.4, 0.5) is 0 Å². The van der Waals surface area contributed by atoms with Gasteiger partial charge >= 0.3 is 23.9 Å². The largest absolute Gasteiger partial charge is 0.490 e. The van der Waals surface area contributed by atoms with Crippen molar-refractivity contribution in [1.29, 1.82) is 0 Å². The summed E-state index contributed by atoms with van der Waals surface area (Å²) in [5.74, 6) is 0.249. The molecule has 4 aromatic carbocycles. The second-order valence-electron chi connectivity index (χ2n) is 16.6. The van der Waals surface area contributed by atoms with Crippen LogP contribution in [0.1, 0.15) is 76.3 Å². The third kappa shape index (κ3) is 22.5. The molecule has 0 bridgehead atoms. The molecule has 0 atom stereocenters. The van der Waals surface area contributed by atoms with Gasteiger partial charge in [0.2, 0.25) is 0 Å². The number of benzene rings is 4. The van der Waals surface area contributed by atoms with E-state index in [2.05, 4.69) is 13.2 Å². The lowest BCUT2D eigenvalue weighted by molar-refractivity contribution is -0.144. The van der Waals surface area contributed by atoms with Crippen molar-refractivity contribution >= 4 is 46.9 Å². The Morgan fingerprint density at radius 3 is 1.28 bits per heavy atom. The van der Waals surface area contributed by atoms with Crippen molar-refractivity contribution < 1.29 is 60.1 Å². The normalized spacial score (nSPS) is 11.1. The minimum Gasteiger partial charge on any atom is -0.490 e. The maximum Gasteiger partial charge on any atom is 0.338 e. The summed E-state index contributed by atoms with van der Waals surface area (Å²) in [5.41, 5.74) is 6.76. The van der Waals surface area contributed by atoms with Gasteiger partial charge in [0.25, 0.3) is 0 Å². The van der Waals surface area contributed by atoms with E-state index in [1.165, 1.54) is 12.5 Å². The zero-order valence-electron chi connectivity index (χ0n) is 41.3. The summed E-state index contributed by atoms with van der Waals surface area (Å²) in [6, 6.07) is 27.6. The number of hydrogen-bond acceptors (Lipinski definition) is 14. The van der Waals surface area contributed by atoms with Crippen molar-refractivity contribution in [1.82, 2.24) is 4.90 Å². The van der Waals surface area contributed by atoms with Gasteiger partial charge in [-0.05, 0) is 113 Å². The molecule has 0 aliphatic rings. The Balaban J connectivity index is 1.11. The maximum atomic E-state index is 12.6. The molecular weight excluding hydrogens is 1020 g/mol. The molecule has 71 heavy (non-hydrogen) atoms. The molecule has 0 aliphatic heterocycles. The minimum atomic E-state index is -0.554. The first kappa shape index (κ1) is 57.2. The van der Waals surface area contributed by atoms with E-state index in [1.807, 2.05) is 127 Å². The van der Waals surface area contributed by atoms with Crippen LogP contribution in [0.25, 0.3) is 22.3 Å². The van der Waals surface area contributed by atoms with Crippen LogP contribution in [0.3, 0.4) is 0 Å². The van der Waals surface area contributed by atoms with Crippen LogP contribution in [-0.2, 0) is 41.2 Å². The highest BCUT2D eigenvalue weighted by atomic mass is 127. The van der Waals surface area contributed by atoms with Crippen LogP contribution in [0.2, 0.25) is 0 Å². The van der Waals surface area contributed by atoms with Crippen LogP contribution in [0.15, 0.2) is 134 Å². The van der Waals surface area contributed by atoms with Crippen LogP contribution >= 0.6 is 23.0 Å². The van der Waals surface area contributed by atoms with Gasteiger partial charge in [0.15, 0.2) is 23.0 Å². The number of carbonyl (C=O) groups excluding carboxylic acids is 4. The summed E-state index contributed by atoms with van der Waals surface area (Å²) in [6.45, 7) is 17.5. The lowest BCUT2D eigenvalue weighted by atomic mass is 10.0. The van der Waals surface area contributed by atoms with Crippen molar-refractivity contribution in [3.05, 3.63) is 145 Å². The molecule has 0 N–H and O–H groups in total. The summed E-state index contributed by atoms with van der Waals surface area (Å²) in [6.07, 6.45) is 9.56. The number of esters is 4. The minimum absolute atomic E-state index is 0.176. The highest BCUT2D eigenvalue weighted by molar-refractivity contribution is 14.1. The SMILES string of the molecule is C=C(C)C(=O)O/C=C\Oc1cc(-c2ccc(C)cc2)ccc1OCCCCCOC(=O)CCN(CCOI)CCC(=O)OCCCCCOc1ccc(-c2ccc(C)cc2)cc1O/C=C\OC(=O)C(=C)C. The molecule has 0 unspecified atom stereocenters. The molecule has 0 aliphatic carbocycles. The van der Waals surface area contributed by atoms with E-state index in [0.717, 1.165) is 71.6 Å². The first-order valence-electron chi connectivity index (χ1n) is 23.6. The monoisotopic (exact) mass is 1090 g/mol. The fourth-order valence-corrected chi connectivity index (χ4v) is 6.71. The average Bonchev–Trinajstić information content (AvgIpc) is 3.36. The standard InChI is InChI=1S/C56H66INO13/c1-41(2)55(61)69-37-35-65-51-39-47(45-17-13-43(5)14-18-45)21-23-49(51)63-30-9-7-11-32-67-53(59)25-27-58(29-34-71-57)28-26-54(60)68-33-12-8-10-31-64-50-24-22-48(46-19-15-44(6)16-20-46)40-52(50)66-36-38-70-56(62)42(3)4/h13-24,35-40H,1,3,7-12,25-34H2,2,4-6H3/b37-35-,38-36-. The molecule has 0 fully saturated rings. The molecule has 15 heteroatoms. The first-order valence-corrected chi connectivity index (χ1v) is 24.5. The Bertz CT molecular complexity index is 2230. The van der Waals surface area contributed by atoms with Gasteiger partial charge in [-0.15, -0.1) is 0 Å². The second-order valence-corrected chi connectivity index (χ2v) is 17.2. The molecule has 0 heterocycles. The summed E-state index contributed by atoms with van der Waals surface area (Å²) in [7, 11) is 0. The van der Waals surface area contributed by atoms with Crippen molar-refractivity contribution in [3.63, 3.8) is 0 Å². The smallest absolute Gasteiger partial charge is 0.338 e. The summed E-state index contributed by atoms with van der Waals surface area (Å²) in [5, 5.41) is 0. The van der Waals surface area contributed by atoms with Gasteiger partial charge in [0.1, 0.15) is 48.1 Å². The number of aryl methyl sites for hydroxylation is 2. The molecule has 0 aromatic heterocycles. The van der Waals surface area contributed by atoms with E-state index in [0.29, 0.717) is 75.3 Å². The third-order valence-corrected chi connectivity index (χ3v) is 11.0. The van der Waals surface area contributed by atoms with Gasteiger partial charge in [-0.2, -0.15) is 0 Å². The van der Waals surface area contributed by atoms with E-state index < -0.39 is 11.9 Å². The van der Waals surface area contributed by atoms with Crippen LogP contribution < -0.4 is 18.9 Å². The highest BCUT2D eigenvalue weighted by Gasteiger charge is 2.14. The van der Waals surface area contributed by atoms with Crippen molar-refractivity contribution in [2.75, 3.05) is 52.7 Å². The summed E-state index contributed by atoms with van der Waals surface area (Å²) < 4.78 is 50.0. The van der Waals surface area contributed by atoms with E-state index >= 15 is 0 Å². The van der Waals surface area contributed by atoms with Crippen molar-refractivity contribution in [3.8, 4) is 45.3 Å². The molecule has 14 nitrogen and oxygen atoms in total. The summed E-state index contributed by atoms with van der Waals surface area (Å²) >= 11 is 1.83. The van der Waals surface area contributed by atoms with E-state index in [1.54, 1.807) is 13.8 Å². The van der Waals surface area contributed by atoms with Crippen LogP contribution in [0, 0.1) is 13.8 Å². The molecule has 0 saturated carbocycles. The number of rotatable bonds is 33. The van der Waals surface area contributed by atoms with Gasteiger partial charge < -0.3 is 41.0 Å². The van der Waals surface area contributed by atoms with E-state index in [-0.39, 0.29) is 49.1 Å². The molecule has 0 saturated heterocycles. The van der Waals surface area contributed by atoms with Crippen molar-refractivity contribution in [2.24, 2.45) is 0 Å². The van der Waals surface area contributed by atoms with Crippen LogP contribution in [-0.4, -0.2) is 81.4 Å². The zero-order valence-corrected chi connectivity index (χ0v) is 43.4. The molecule has 4 rings (SSSR count). The third-order valence-electron chi connectivity index (χ3n) is 10.6. The first-order chi connectivity index (χ1) is 34.3. The topological polar surface area (TPSA) is 155 Å². The predicted molar refractivity (Wildman–Crippen MR) is 281 cm³/mol. The lowest BCUT2D eigenvalue weighted by Gasteiger charge is -2.20. The molecule has 0 spiro atoms. The maximum absolute atomic E-state index is 12.6. The van der Waals surface area contributed by atoms with Crippen LogP contribution in [0.5, 0.6) is 23.0 Å².